The molecular weight excluding hydrogens is 364 g/mol. The van der Waals surface area contributed by atoms with E-state index in [1.807, 2.05) is 0 Å². The lowest BCUT2D eigenvalue weighted by molar-refractivity contribution is -0.140. The van der Waals surface area contributed by atoms with Gasteiger partial charge in [0.05, 0.1) is 0 Å². The zero-order valence-corrected chi connectivity index (χ0v) is 21.0. The number of carbonyl (C=O) groups is 1. The number of fused-ring (bicyclic) bond motifs is 5. The smallest absolute Gasteiger partial charge is 0.133 e. The maximum atomic E-state index is 12.1. The van der Waals surface area contributed by atoms with Gasteiger partial charge in [-0.25, -0.2) is 0 Å². The van der Waals surface area contributed by atoms with Gasteiger partial charge in [0.25, 0.3) is 0 Å². The van der Waals surface area contributed by atoms with Crippen LogP contribution in [-0.4, -0.2) is 5.78 Å². The molecule has 0 aromatic heterocycles. The molecule has 9 atom stereocenters. The standard InChI is InChI=1S/C29H50O/c1-7-21(19(2)3)9-8-20(4)25-12-13-26-24-11-10-22-18-23(30)14-16-28(22,5)27(24)15-17-29(25,26)6/h19-22,24-27H,7-18H2,1-6H3/t20-,21?,22+,24?,25-,26?,27+,28+,29-/m1/s1. The van der Waals surface area contributed by atoms with Gasteiger partial charge in [0.15, 0.2) is 0 Å². The lowest BCUT2D eigenvalue weighted by Crippen LogP contribution is -2.53. The number of hydrogen-bond acceptors (Lipinski definition) is 1. The molecule has 0 saturated heterocycles. The van der Waals surface area contributed by atoms with E-state index in [9.17, 15) is 4.79 Å². The predicted octanol–water partition coefficient (Wildman–Crippen LogP) is 8.31. The van der Waals surface area contributed by atoms with E-state index in [1.54, 1.807) is 0 Å². The van der Waals surface area contributed by atoms with Crippen molar-refractivity contribution in [3.8, 4) is 0 Å². The summed E-state index contributed by atoms with van der Waals surface area (Å²) in [4.78, 5) is 12.1. The first-order valence-corrected chi connectivity index (χ1v) is 13.7. The van der Waals surface area contributed by atoms with Crippen LogP contribution in [-0.2, 0) is 4.79 Å². The molecule has 0 radical (unpaired) electrons. The topological polar surface area (TPSA) is 17.1 Å². The van der Waals surface area contributed by atoms with E-state index < -0.39 is 0 Å². The molecule has 172 valence electrons. The van der Waals surface area contributed by atoms with Crippen molar-refractivity contribution in [3.63, 3.8) is 0 Å². The largest absolute Gasteiger partial charge is 0.300 e. The molecule has 4 saturated carbocycles. The van der Waals surface area contributed by atoms with E-state index in [4.69, 9.17) is 0 Å². The number of carbonyl (C=O) groups excluding carboxylic acids is 1. The number of Topliss-reactive ketones (excluding diaryl/α,β-unsaturated/α-hetero) is 1. The molecule has 1 heteroatoms. The maximum absolute atomic E-state index is 12.1. The first-order valence-electron chi connectivity index (χ1n) is 13.7. The molecule has 0 spiro atoms. The summed E-state index contributed by atoms with van der Waals surface area (Å²) >= 11 is 0. The minimum Gasteiger partial charge on any atom is -0.300 e. The van der Waals surface area contributed by atoms with Crippen LogP contribution in [0.2, 0.25) is 0 Å². The molecular formula is C29H50O. The second kappa shape index (κ2) is 8.55. The highest BCUT2D eigenvalue weighted by Gasteiger charge is 2.60. The Kier molecular flexibility index (Phi) is 6.51. The molecule has 0 N–H and O–H groups in total. The lowest BCUT2D eigenvalue weighted by atomic mass is 9.44. The molecule has 4 aliphatic carbocycles. The molecule has 0 bridgehead atoms. The number of rotatable bonds is 6. The third-order valence-electron chi connectivity index (χ3n) is 11.7. The van der Waals surface area contributed by atoms with Crippen molar-refractivity contribution in [3.05, 3.63) is 0 Å². The Hall–Kier alpha value is -0.330. The fourth-order valence-corrected chi connectivity index (χ4v) is 9.71. The van der Waals surface area contributed by atoms with Gasteiger partial charge in [0.1, 0.15) is 5.78 Å². The summed E-state index contributed by atoms with van der Waals surface area (Å²) in [5, 5.41) is 0. The van der Waals surface area contributed by atoms with Crippen LogP contribution in [0.15, 0.2) is 0 Å². The Morgan fingerprint density at radius 3 is 2.33 bits per heavy atom. The summed E-state index contributed by atoms with van der Waals surface area (Å²) < 4.78 is 0. The van der Waals surface area contributed by atoms with Gasteiger partial charge in [-0.2, -0.15) is 0 Å². The van der Waals surface area contributed by atoms with Crippen LogP contribution in [0, 0.1) is 58.2 Å². The third-order valence-corrected chi connectivity index (χ3v) is 11.7. The quantitative estimate of drug-likeness (QED) is 0.427. The molecule has 0 aromatic carbocycles. The monoisotopic (exact) mass is 414 g/mol. The maximum Gasteiger partial charge on any atom is 0.133 e. The van der Waals surface area contributed by atoms with E-state index in [1.165, 1.54) is 64.2 Å². The first-order chi connectivity index (χ1) is 14.2. The van der Waals surface area contributed by atoms with Crippen molar-refractivity contribution in [2.45, 2.75) is 119 Å². The minimum absolute atomic E-state index is 0.466. The van der Waals surface area contributed by atoms with Crippen LogP contribution in [0.3, 0.4) is 0 Å². The van der Waals surface area contributed by atoms with Crippen molar-refractivity contribution in [2.24, 2.45) is 58.2 Å². The normalized spacial score (nSPS) is 45.6. The van der Waals surface area contributed by atoms with Gasteiger partial charge < -0.3 is 0 Å². The molecule has 0 amide bonds. The van der Waals surface area contributed by atoms with Crippen LogP contribution < -0.4 is 0 Å². The fraction of sp³-hybridized carbons (Fsp3) is 0.966. The van der Waals surface area contributed by atoms with Gasteiger partial charge in [-0.1, -0.05) is 54.4 Å². The highest BCUT2D eigenvalue weighted by molar-refractivity contribution is 5.79. The number of hydrogen-bond donors (Lipinski definition) is 0. The van der Waals surface area contributed by atoms with Gasteiger partial charge in [-0.3, -0.25) is 4.79 Å². The minimum atomic E-state index is 0.466. The molecule has 0 aromatic rings. The van der Waals surface area contributed by atoms with Gasteiger partial charge in [-0.05, 0) is 110 Å². The molecule has 3 unspecified atom stereocenters. The summed E-state index contributed by atoms with van der Waals surface area (Å²) in [6, 6.07) is 0. The van der Waals surface area contributed by atoms with Crippen LogP contribution in [0.1, 0.15) is 119 Å². The Labute approximate surface area is 187 Å². The van der Waals surface area contributed by atoms with E-state index in [0.717, 1.165) is 54.3 Å². The molecule has 4 aliphatic rings. The van der Waals surface area contributed by atoms with Crippen molar-refractivity contribution < 1.29 is 4.79 Å². The third kappa shape index (κ3) is 3.73. The van der Waals surface area contributed by atoms with Gasteiger partial charge >= 0.3 is 0 Å². The number of ketones is 1. The summed E-state index contributed by atoms with van der Waals surface area (Å²) in [5.41, 5.74) is 1.06. The Morgan fingerprint density at radius 2 is 1.63 bits per heavy atom. The van der Waals surface area contributed by atoms with Crippen molar-refractivity contribution in [2.75, 3.05) is 0 Å². The van der Waals surface area contributed by atoms with Gasteiger partial charge in [0, 0.05) is 12.8 Å². The Balaban J connectivity index is 1.45. The van der Waals surface area contributed by atoms with Crippen molar-refractivity contribution >= 4 is 5.78 Å². The average Bonchev–Trinajstić information content (AvgIpc) is 3.06. The van der Waals surface area contributed by atoms with Crippen molar-refractivity contribution in [1.29, 1.82) is 0 Å². The molecule has 30 heavy (non-hydrogen) atoms. The molecule has 0 heterocycles. The SMILES string of the molecule is CCC(CC[C@@H](C)[C@H]1CCC2C3CC[C@H]4CC(=O)CC[C@]4(C)[C@H]3CC[C@@]21C)C(C)C. The van der Waals surface area contributed by atoms with Gasteiger partial charge in [-0.15, -0.1) is 0 Å². The summed E-state index contributed by atoms with van der Waals surface area (Å²) in [5.74, 6) is 7.67. The lowest BCUT2D eigenvalue weighted by Gasteiger charge is -2.60. The molecule has 4 rings (SSSR count). The highest BCUT2D eigenvalue weighted by Crippen LogP contribution is 2.68. The average molecular weight is 415 g/mol. The molecule has 1 nitrogen and oxygen atoms in total. The molecule has 0 aliphatic heterocycles. The van der Waals surface area contributed by atoms with E-state index in [2.05, 4.69) is 41.5 Å². The van der Waals surface area contributed by atoms with Crippen molar-refractivity contribution in [1.82, 2.24) is 0 Å². The van der Waals surface area contributed by atoms with Crippen LogP contribution in [0.4, 0.5) is 0 Å². The first kappa shape index (κ1) is 22.8. The second-order valence-electron chi connectivity index (χ2n) is 13.1. The Morgan fingerprint density at radius 1 is 0.900 bits per heavy atom. The van der Waals surface area contributed by atoms with E-state index in [0.29, 0.717) is 22.5 Å². The zero-order valence-electron chi connectivity index (χ0n) is 21.0. The van der Waals surface area contributed by atoms with E-state index >= 15 is 0 Å². The summed E-state index contributed by atoms with van der Waals surface area (Å²) in [7, 11) is 0. The summed E-state index contributed by atoms with van der Waals surface area (Å²) in [6.07, 6.45) is 15.8. The van der Waals surface area contributed by atoms with Crippen LogP contribution in [0.25, 0.3) is 0 Å². The fourth-order valence-electron chi connectivity index (χ4n) is 9.71. The zero-order chi connectivity index (χ0) is 21.7. The summed E-state index contributed by atoms with van der Waals surface area (Å²) in [6.45, 7) is 15.1. The molecule has 4 fully saturated rings. The van der Waals surface area contributed by atoms with Gasteiger partial charge in [0.2, 0.25) is 0 Å². The van der Waals surface area contributed by atoms with Crippen LogP contribution >= 0.6 is 0 Å². The predicted molar refractivity (Wildman–Crippen MR) is 127 cm³/mol. The second-order valence-corrected chi connectivity index (χ2v) is 13.1. The Bertz CT molecular complexity index is 622. The van der Waals surface area contributed by atoms with Crippen LogP contribution in [0.5, 0.6) is 0 Å². The highest BCUT2D eigenvalue weighted by atomic mass is 16.1. The van der Waals surface area contributed by atoms with E-state index in [-0.39, 0.29) is 0 Å².